The molecular formula is C17H21N7OS. The maximum absolute atomic E-state index is 12.3. The van der Waals surface area contributed by atoms with Crippen LogP contribution >= 0.6 is 11.8 Å². The summed E-state index contributed by atoms with van der Waals surface area (Å²) in [5.41, 5.74) is 0.799. The van der Waals surface area contributed by atoms with Gasteiger partial charge in [-0.05, 0) is 12.8 Å². The summed E-state index contributed by atoms with van der Waals surface area (Å²) < 4.78 is 3.68. The Morgan fingerprint density at radius 2 is 2.15 bits per heavy atom. The Bertz CT molecular complexity index is 913. The first kappa shape index (κ1) is 17.0. The summed E-state index contributed by atoms with van der Waals surface area (Å²) >= 11 is 1.55. The standard InChI is InChI=1S/C17H21N7OS/c1-23-16-13(10-21-23)17(19-11-18-16)26-9-7-15(25)22-14-6-8-20-24(14)12-4-2-3-5-12/h6,8,10-12H,2-5,7,9H2,1H3,(H,22,25). The summed E-state index contributed by atoms with van der Waals surface area (Å²) in [6.07, 6.45) is 10.2. The van der Waals surface area contributed by atoms with E-state index >= 15 is 0 Å². The number of hydrogen-bond donors (Lipinski definition) is 1. The van der Waals surface area contributed by atoms with Crippen molar-refractivity contribution < 1.29 is 4.79 Å². The second kappa shape index (κ2) is 7.45. The van der Waals surface area contributed by atoms with Gasteiger partial charge in [-0.1, -0.05) is 12.8 Å². The molecule has 0 spiro atoms. The molecule has 3 aromatic heterocycles. The Morgan fingerprint density at radius 3 is 3.00 bits per heavy atom. The first-order chi connectivity index (χ1) is 12.7. The van der Waals surface area contributed by atoms with Crippen LogP contribution in [0.5, 0.6) is 0 Å². The fourth-order valence-corrected chi connectivity index (χ4v) is 4.26. The molecule has 1 aliphatic carbocycles. The van der Waals surface area contributed by atoms with E-state index in [1.807, 2.05) is 17.8 Å². The number of thioether (sulfide) groups is 1. The normalized spacial score (nSPS) is 15.0. The molecular weight excluding hydrogens is 350 g/mol. The number of hydrogen-bond acceptors (Lipinski definition) is 6. The highest BCUT2D eigenvalue weighted by molar-refractivity contribution is 7.99. The van der Waals surface area contributed by atoms with E-state index in [1.54, 1.807) is 28.8 Å². The maximum atomic E-state index is 12.3. The van der Waals surface area contributed by atoms with Gasteiger partial charge in [0.25, 0.3) is 0 Å². The van der Waals surface area contributed by atoms with E-state index in [0.29, 0.717) is 18.2 Å². The zero-order valence-electron chi connectivity index (χ0n) is 14.6. The molecule has 3 aromatic rings. The van der Waals surface area contributed by atoms with Crippen LogP contribution in [0.25, 0.3) is 11.0 Å². The number of anilines is 1. The highest BCUT2D eigenvalue weighted by Gasteiger charge is 2.20. The van der Waals surface area contributed by atoms with E-state index in [2.05, 4.69) is 25.5 Å². The largest absolute Gasteiger partial charge is 0.311 e. The summed E-state index contributed by atoms with van der Waals surface area (Å²) in [7, 11) is 1.85. The van der Waals surface area contributed by atoms with Crippen molar-refractivity contribution in [2.45, 2.75) is 43.2 Å². The number of carbonyl (C=O) groups excluding carboxylic acids is 1. The van der Waals surface area contributed by atoms with Gasteiger partial charge in [-0.15, -0.1) is 11.8 Å². The zero-order chi connectivity index (χ0) is 17.9. The van der Waals surface area contributed by atoms with E-state index < -0.39 is 0 Å². The first-order valence-electron chi connectivity index (χ1n) is 8.81. The van der Waals surface area contributed by atoms with Crippen molar-refractivity contribution in [3.63, 3.8) is 0 Å². The molecule has 0 atom stereocenters. The van der Waals surface area contributed by atoms with E-state index in [1.165, 1.54) is 19.2 Å². The summed E-state index contributed by atoms with van der Waals surface area (Å²) in [6.45, 7) is 0. The molecule has 1 amide bonds. The van der Waals surface area contributed by atoms with Crippen molar-refractivity contribution in [2.24, 2.45) is 7.05 Å². The Labute approximate surface area is 155 Å². The minimum atomic E-state index is -0.00580. The maximum Gasteiger partial charge on any atom is 0.226 e. The lowest BCUT2D eigenvalue weighted by Crippen LogP contribution is -2.17. The van der Waals surface area contributed by atoms with E-state index in [-0.39, 0.29) is 5.91 Å². The highest BCUT2D eigenvalue weighted by atomic mass is 32.2. The number of fused-ring (bicyclic) bond motifs is 1. The molecule has 0 radical (unpaired) electrons. The second-order valence-electron chi connectivity index (χ2n) is 6.43. The Kier molecular flexibility index (Phi) is 4.87. The van der Waals surface area contributed by atoms with Gasteiger partial charge in [0.2, 0.25) is 5.91 Å². The van der Waals surface area contributed by atoms with Crippen LogP contribution in [0.2, 0.25) is 0 Å². The quantitative estimate of drug-likeness (QED) is 0.529. The third-order valence-corrected chi connectivity index (χ3v) is 5.68. The van der Waals surface area contributed by atoms with Crippen LogP contribution in [0.1, 0.15) is 38.1 Å². The van der Waals surface area contributed by atoms with E-state index in [9.17, 15) is 4.79 Å². The minimum Gasteiger partial charge on any atom is -0.311 e. The molecule has 0 aliphatic heterocycles. The monoisotopic (exact) mass is 371 g/mol. The number of amides is 1. The van der Waals surface area contributed by atoms with Crippen molar-refractivity contribution >= 4 is 34.5 Å². The van der Waals surface area contributed by atoms with Crippen LogP contribution in [0.3, 0.4) is 0 Å². The van der Waals surface area contributed by atoms with Crippen molar-refractivity contribution in [3.8, 4) is 0 Å². The average molecular weight is 371 g/mol. The van der Waals surface area contributed by atoms with Crippen molar-refractivity contribution in [3.05, 3.63) is 24.8 Å². The molecule has 0 unspecified atom stereocenters. The third-order valence-electron chi connectivity index (χ3n) is 4.67. The molecule has 1 saturated carbocycles. The lowest BCUT2D eigenvalue weighted by Gasteiger charge is -2.14. The van der Waals surface area contributed by atoms with Gasteiger partial charge in [0.15, 0.2) is 5.65 Å². The summed E-state index contributed by atoms with van der Waals surface area (Å²) in [5, 5.41) is 13.4. The van der Waals surface area contributed by atoms with Gasteiger partial charge in [0.05, 0.1) is 23.8 Å². The fraction of sp³-hybridized carbons (Fsp3) is 0.471. The van der Waals surface area contributed by atoms with Gasteiger partial charge in [-0.3, -0.25) is 9.48 Å². The molecule has 0 saturated heterocycles. The average Bonchev–Trinajstić information content (AvgIpc) is 3.37. The molecule has 1 N–H and O–H groups in total. The van der Waals surface area contributed by atoms with Crippen molar-refractivity contribution in [2.75, 3.05) is 11.1 Å². The van der Waals surface area contributed by atoms with Gasteiger partial charge in [0, 0.05) is 25.3 Å². The molecule has 26 heavy (non-hydrogen) atoms. The number of rotatable bonds is 6. The molecule has 3 heterocycles. The van der Waals surface area contributed by atoms with Gasteiger partial charge in [-0.25, -0.2) is 14.6 Å². The lowest BCUT2D eigenvalue weighted by molar-refractivity contribution is -0.115. The third kappa shape index (κ3) is 3.44. The fourth-order valence-electron chi connectivity index (χ4n) is 3.35. The summed E-state index contributed by atoms with van der Waals surface area (Å²) in [5.74, 6) is 1.43. The van der Waals surface area contributed by atoms with Gasteiger partial charge >= 0.3 is 0 Å². The molecule has 136 valence electrons. The predicted octanol–water partition coefficient (Wildman–Crippen LogP) is 2.80. The molecule has 1 aliphatic rings. The van der Waals surface area contributed by atoms with Crippen LogP contribution in [0.15, 0.2) is 29.8 Å². The molecule has 0 aromatic carbocycles. The van der Waals surface area contributed by atoms with Crippen LogP contribution in [-0.2, 0) is 11.8 Å². The minimum absolute atomic E-state index is 0.00580. The van der Waals surface area contributed by atoms with Crippen LogP contribution in [0, 0.1) is 0 Å². The van der Waals surface area contributed by atoms with E-state index in [4.69, 9.17) is 0 Å². The number of nitrogens with one attached hydrogen (secondary N) is 1. The molecule has 9 heteroatoms. The smallest absolute Gasteiger partial charge is 0.226 e. The highest BCUT2D eigenvalue weighted by Crippen LogP contribution is 2.31. The number of nitrogens with zero attached hydrogens (tertiary/aromatic N) is 6. The molecule has 8 nitrogen and oxygen atoms in total. The lowest BCUT2D eigenvalue weighted by atomic mass is 10.2. The Balaban J connectivity index is 1.34. The summed E-state index contributed by atoms with van der Waals surface area (Å²) in [6, 6.07) is 2.28. The number of carbonyl (C=O) groups is 1. The first-order valence-corrected chi connectivity index (χ1v) is 9.80. The number of aromatic nitrogens is 6. The van der Waals surface area contributed by atoms with Crippen LogP contribution in [0.4, 0.5) is 5.82 Å². The summed E-state index contributed by atoms with van der Waals surface area (Å²) in [4.78, 5) is 20.9. The van der Waals surface area contributed by atoms with Crippen molar-refractivity contribution in [1.29, 1.82) is 0 Å². The Hall–Kier alpha value is -2.42. The van der Waals surface area contributed by atoms with Crippen LogP contribution in [-0.4, -0.2) is 41.2 Å². The second-order valence-corrected chi connectivity index (χ2v) is 7.51. The van der Waals surface area contributed by atoms with Gasteiger partial charge in [-0.2, -0.15) is 10.2 Å². The van der Waals surface area contributed by atoms with Crippen LogP contribution < -0.4 is 5.32 Å². The molecule has 1 fully saturated rings. The topological polar surface area (TPSA) is 90.5 Å². The van der Waals surface area contributed by atoms with Gasteiger partial charge < -0.3 is 5.32 Å². The predicted molar refractivity (Wildman–Crippen MR) is 100 cm³/mol. The number of aryl methyl sites for hydroxylation is 1. The molecule has 0 bridgehead atoms. The Morgan fingerprint density at radius 1 is 1.31 bits per heavy atom. The molecule has 4 rings (SSSR count). The SMILES string of the molecule is Cn1ncc2c(SCCC(=O)Nc3ccnn3C3CCCC3)ncnc21. The van der Waals surface area contributed by atoms with Crippen molar-refractivity contribution in [1.82, 2.24) is 29.5 Å². The van der Waals surface area contributed by atoms with Gasteiger partial charge in [0.1, 0.15) is 17.2 Å². The van der Waals surface area contributed by atoms with E-state index in [0.717, 1.165) is 34.7 Å². The zero-order valence-corrected chi connectivity index (χ0v) is 15.4.